The van der Waals surface area contributed by atoms with Crippen LogP contribution in [0.2, 0.25) is 0 Å². The molecule has 2 atom stereocenters. The Morgan fingerprint density at radius 1 is 0.868 bits per heavy atom. The van der Waals surface area contributed by atoms with Gasteiger partial charge in [0.2, 0.25) is 17.7 Å². The Morgan fingerprint density at radius 2 is 1.55 bits per heavy atom. The lowest BCUT2D eigenvalue weighted by molar-refractivity contribution is -0.136. The van der Waals surface area contributed by atoms with E-state index in [1.165, 1.54) is 11.1 Å². The third-order valence-corrected chi connectivity index (χ3v) is 10.7. The summed E-state index contributed by atoms with van der Waals surface area (Å²) in [7, 11) is 0. The van der Waals surface area contributed by atoms with Gasteiger partial charge in [-0.25, -0.2) is 0 Å². The van der Waals surface area contributed by atoms with Crippen molar-refractivity contribution >= 4 is 29.3 Å². The number of ether oxygens (including phenoxy) is 3. The number of aromatic nitrogens is 2. The van der Waals surface area contributed by atoms with Crippen LogP contribution in [0.1, 0.15) is 89.1 Å². The summed E-state index contributed by atoms with van der Waals surface area (Å²) in [4.78, 5) is 51.2. The topological polar surface area (TPSA) is 169 Å². The van der Waals surface area contributed by atoms with Crippen LogP contribution in [0.3, 0.4) is 0 Å². The number of aliphatic hydroxyl groups is 1. The lowest BCUT2D eigenvalue weighted by Crippen LogP contribution is -2.54. The molecule has 0 spiro atoms. The molecule has 8 rings (SSSR count). The number of hydrogen-bond acceptors (Lipinski definition) is 11. The fourth-order valence-electron chi connectivity index (χ4n) is 7.66. The van der Waals surface area contributed by atoms with Crippen LogP contribution < -0.4 is 20.1 Å². The minimum absolute atomic E-state index is 0.0246. The average Bonchev–Trinajstić information content (AvgIpc) is 3.39. The molecule has 0 radical (unpaired) electrons. The van der Waals surface area contributed by atoms with Crippen molar-refractivity contribution in [2.45, 2.75) is 75.2 Å². The molecule has 4 heterocycles. The van der Waals surface area contributed by atoms with E-state index in [9.17, 15) is 24.3 Å². The zero-order valence-corrected chi connectivity index (χ0v) is 29.1. The molecule has 2 unspecified atom stereocenters. The van der Waals surface area contributed by atoms with Gasteiger partial charge < -0.3 is 24.6 Å². The molecule has 13 heteroatoms. The van der Waals surface area contributed by atoms with Crippen LogP contribution in [0.5, 0.6) is 17.4 Å². The van der Waals surface area contributed by atoms with Gasteiger partial charge in [0.25, 0.3) is 11.8 Å². The van der Waals surface area contributed by atoms with E-state index in [0.717, 1.165) is 36.3 Å². The molecule has 2 saturated heterocycles. The number of rotatable bonds is 10. The van der Waals surface area contributed by atoms with E-state index in [1.54, 1.807) is 37.3 Å². The molecule has 1 aliphatic carbocycles. The second kappa shape index (κ2) is 14.1. The largest absolute Gasteiger partial charge is 0.490 e. The maximum absolute atomic E-state index is 13.2. The van der Waals surface area contributed by atoms with Gasteiger partial charge in [0.05, 0.1) is 22.9 Å². The number of amides is 4. The van der Waals surface area contributed by atoms with Crippen molar-refractivity contribution in [1.29, 1.82) is 0 Å². The first kappa shape index (κ1) is 34.4. The molecular weight excluding hydrogens is 678 g/mol. The van der Waals surface area contributed by atoms with Crippen molar-refractivity contribution in [3.05, 3.63) is 107 Å². The van der Waals surface area contributed by atoms with Crippen LogP contribution in [0.4, 0.5) is 5.69 Å². The van der Waals surface area contributed by atoms with Crippen LogP contribution >= 0.6 is 0 Å². The lowest BCUT2D eigenvalue weighted by atomic mass is 9.69. The Labute approximate surface area is 305 Å². The molecule has 3 fully saturated rings. The second-order valence-corrected chi connectivity index (χ2v) is 14.1. The van der Waals surface area contributed by atoms with Crippen LogP contribution in [-0.4, -0.2) is 75.2 Å². The number of hydrogen-bond donors (Lipinski definition) is 3. The monoisotopic (exact) mass is 717 g/mol. The van der Waals surface area contributed by atoms with Gasteiger partial charge in [-0.15, -0.1) is 10.2 Å². The van der Waals surface area contributed by atoms with Crippen molar-refractivity contribution in [2.24, 2.45) is 0 Å². The average molecular weight is 718 g/mol. The van der Waals surface area contributed by atoms with E-state index in [1.807, 2.05) is 24.3 Å². The maximum atomic E-state index is 13.2. The molecule has 53 heavy (non-hydrogen) atoms. The van der Waals surface area contributed by atoms with Crippen LogP contribution in [0.15, 0.2) is 78.9 Å². The minimum atomic E-state index is -0.993. The van der Waals surface area contributed by atoms with Crippen molar-refractivity contribution < 1.29 is 38.5 Å². The SMILES string of the molecule is CC(O)c1ccc(Oc2ccc(C3(c4ccc(O[C@H]5C[C@H](Nc6ccc7c(c6)C(=O)N(C6CCC(=O)NC6=O)C7=O)C5)cc4)CCOCC3)cc2)nn1. The third kappa shape index (κ3) is 6.73. The van der Waals surface area contributed by atoms with Crippen molar-refractivity contribution in [1.82, 2.24) is 20.4 Å². The molecule has 13 nitrogen and oxygen atoms in total. The molecule has 4 amide bonds. The predicted octanol–water partition coefficient (Wildman–Crippen LogP) is 4.84. The normalized spacial score (nSPS) is 22.8. The van der Waals surface area contributed by atoms with Gasteiger partial charge in [0, 0.05) is 55.7 Å². The molecule has 3 aliphatic heterocycles. The third-order valence-electron chi connectivity index (χ3n) is 10.7. The first-order valence-electron chi connectivity index (χ1n) is 17.9. The van der Waals surface area contributed by atoms with E-state index < -0.39 is 35.8 Å². The van der Waals surface area contributed by atoms with Crippen LogP contribution in [0.25, 0.3) is 0 Å². The first-order chi connectivity index (χ1) is 25.7. The fourth-order valence-corrected chi connectivity index (χ4v) is 7.66. The zero-order valence-electron chi connectivity index (χ0n) is 29.1. The molecule has 0 bridgehead atoms. The van der Waals surface area contributed by atoms with Crippen molar-refractivity contribution in [2.75, 3.05) is 18.5 Å². The number of nitrogens with zero attached hydrogens (tertiary/aromatic N) is 3. The van der Waals surface area contributed by atoms with Crippen molar-refractivity contribution in [3.63, 3.8) is 0 Å². The van der Waals surface area contributed by atoms with E-state index in [2.05, 4.69) is 45.1 Å². The van der Waals surface area contributed by atoms with Gasteiger partial charge in [0.1, 0.15) is 23.6 Å². The Morgan fingerprint density at radius 3 is 2.19 bits per heavy atom. The number of piperidine rings is 1. The summed E-state index contributed by atoms with van der Waals surface area (Å²) in [6.07, 6.45) is 2.73. The summed E-state index contributed by atoms with van der Waals surface area (Å²) in [6.45, 7) is 2.95. The van der Waals surface area contributed by atoms with E-state index >= 15 is 0 Å². The van der Waals surface area contributed by atoms with E-state index in [-0.39, 0.29) is 41.5 Å². The van der Waals surface area contributed by atoms with Crippen LogP contribution in [0, 0.1) is 0 Å². The summed E-state index contributed by atoms with van der Waals surface area (Å²) >= 11 is 0. The summed E-state index contributed by atoms with van der Waals surface area (Å²) in [6, 6.07) is 23.9. The number of aliphatic hydroxyl groups excluding tert-OH is 1. The highest BCUT2D eigenvalue weighted by molar-refractivity contribution is 6.23. The fraction of sp³-hybridized carbons (Fsp3) is 0.350. The Balaban J connectivity index is 0.874. The highest BCUT2D eigenvalue weighted by Crippen LogP contribution is 2.43. The van der Waals surface area contributed by atoms with Gasteiger partial charge in [-0.05, 0) is 85.8 Å². The summed E-state index contributed by atoms with van der Waals surface area (Å²) in [5.74, 6) is -0.293. The number of carbonyl (C=O) groups is 4. The lowest BCUT2D eigenvalue weighted by Gasteiger charge is -2.39. The minimum Gasteiger partial charge on any atom is -0.490 e. The number of fused-ring (bicyclic) bond motifs is 1. The standard InChI is InChI=1S/C40H39N5O8/c1-23(46)33-12-15-36(44-43-33)53-29-9-4-25(5-10-29)40(16-18-51-19-17-40)24-2-7-28(8-3-24)52-30-20-27(21-30)41-26-6-11-31-32(22-26)39(50)45(38(31)49)34-13-14-35(47)42-37(34)48/h2-12,15,22-23,27,30,34,41,46H,13-14,16-21H2,1H3,(H,42,47,48)/t23?,27-,30-,34?. The summed E-state index contributed by atoms with van der Waals surface area (Å²) in [5.41, 5.74) is 3.84. The highest BCUT2D eigenvalue weighted by Gasteiger charge is 2.45. The molecule has 1 saturated carbocycles. The van der Waals surface area contributed by atoms with E-state index in [4.69, 9.17) is 14.2 Å². The summed E-state index contributed by atoms with van der Waals surface area (Å²) < 4.78 is 18.0. The molecule has 4 aromatic rings. The van der Waals surface area contributed by atoms with Gasteiger partial charge in [-0.1, -0.05) is 24.3 Å². The number of imide groups is 2. The summed E-state index contributed by atoms with van der Waals surface area (Å²) in [5, 5.41) is 23.4. The van der Waals surface area contributed by atoms with E-state index in [0.29, 0.717) is 36.2 Å². The Hall–Kier alpha value is -5.66. The van der Waals surface area contributed by atoms with Gasteiger partial charge in [-0.3, -0.25) is 29.4 Å². The number of carbonyl (C=O) groups excluding carboxylic acids is 4. The maximum Gasteiger partial charge on any atom is 0.262 e. The quantitative estimate of drug-likeness (QED) is 0.192. The Bertz CT molecular complexity index is 2040. The number of anilines is 1. The first-order valence-corrected chi connectivity index (χ1v) is 17.9. The van der Waals surface area contributed by atoms with Gasteiger partial charge >= 0.3 is 0 Å². The smallest absolute Gasteiger partial charge is 0.262 e. The van der Waals surface area contributed by atoms with Crippen molar-refractivity contribution in [3.8, 4) is 17.4 Å². The van der Waals surface area contributed by atoms with Gasteiger partial charge in [-0.2, -0.15) is 0 Å². The highest BCUT2D eigenvalue weighted by atomic mass is 16.5. The van der Waals surface area contributed by atoms with Gasteiger partial charge in [0.15, 0.2) is 0 Å². The molecule has 272 valence electrons. The number of benzene rings is 3. The predicted molar refractivity (Wildman–Crippen MR) is 191 cm³/mol. The molecule has 3 N–H and O–H groups in total. The molecular formula is C40H39N5O8. The van der Waals surface area contributed by atoms with Crippen LogP contribution in [-0.2, 0) is 19.7 Å². The number of nitrogens with one attached hydrogen (secondary N) is 2. The second-order valence-electron chi connectivity index (χ2n) is 14.1. The molecule has 4 aliphatic rings. The Kier molecular flexibility index (Phi) is 9.13. The molecule has 1 aromatic heterocycles. The zero-order chi connectivity index (χ0) is 36.7. The molecule has 3 aromatic carbocycles.